The molecule has 2 unspecified atom stereocenters. The zero-order valence-corrected chi connectivity index (χ0v) is 17.6. The molecule has 11 heteroatoms. The van der Waals surface area contributed by atoms with Gasteiger partial charge in [-0.2, -0.15) is 13.2 Å². The van der Waals surface area contributed by atoms with E-state index in [1.165, 1.54) is 13.0 Å². The number of halogens is 3. The number of carboxylic acid groups (broad SMARTS) is 2. The minimum Gasteiger partial charge on any atom is -0.506 e. The third kappa shape index (κ3) is 10.2. The van der Waals surface area contributed by atoms with Crippen LogP contribution >= 0.6 is 0 Å². The smallest absolute Gasteiger partial charge is 0.490 e. The Morgan fingerprint density at radius 3 is 2.13 bits per heavy atom. The van der Waals surface area contributed by atoms with Gasteiger partial charge in [-0.05, 0) is 43.4 Å². The summed E-state index contributed by atoms with van der Waals surface area (Å²) in [5.41, 5.74) is 5.65. The number of phenols is 1. The van der Waals surface area contributed by atoms with E-state index < -0.39 is 23.7 Å². The number of phenolic OH excluding ortho intramolecular Hbond substituents is 1. The van der Waals surface area contributed by atoms with Gasteiger partial charge in [0.1, 0.15) is 11.3 Å². The van der Waals surface area contributed by atoms with E-state index >= 15 is 0 Å². The molecule has 1 aromatic carbocycles. The molecule has 0 saturated carbocycles. The fourth-order valence-electron chi connectivity index (χ4n) is 2.33. The molecule has 0 aromatic heterocycles. The second kappa shape index (κ2) is 12.1. The average molecular weight is 450 g/mol. The lowest BCUT2D eigenvalue weighted by molar-refractivity contribution is -0.192. The van der Waals surface area contributed by atoms with E-state index in [0.717, 1.165) is 24.8 Å². The summed E-state index contributed by atoms with van der Waals surface area (Å²) in [4.78, 5) is 32.0. The Balaban J connectivity index is 0.00000110. The van der Waals surface area contributed by atoms with Crippen molar-refractivity contribution in [3.8, 4) is 5.75 Å². The van der Waals surface area contributed by atoms with Crippen LogP contribution in [0.3, 0.4) is 0 Å². The molecule has 1 amide bonds. The molecule has 0 spiro atoms. The second-order valence-electron chi connectivity index (χ2n) is 7.35. The summed E-state index contributed by atoms with van der Waals surface area (Å²) in [6.07, 6.45) is -1.41. The average Bonchev–Trinajstić information content (AvgIpc) is 2.64. The van der Waals surface area contributed by atoms with Gasteiger partial charge in [-0.15, -0.1) is 0 Å². The maximum absolute atomic E-state index is 11.9. The topological polar surface area (TPSA) is 150 Å². The van der Waals surface area contributed by atoms with E-state index in [1.807, 2.05) is 0 Å². The van der Waals surface area contributed by atoms with Gasteiger partial charge in [-0.3, -0.25) is 9.59 Å². The van der Waals surface area contributed by atoms with Gasteiger partial charge in [0, 0.05) is 6.42 Å². The van der Waals surface area contributed by atoms with Crippen LogP contribution in [-0.2, 0) is 20.8 Å². The summed E-state index contributed by atoms with van der Waals surface area (Å²) < 4.78 is 31.7. The van der Waals surface area contributed by atoms with Crippen molar-refractivity contribution in [3.05, 3.63) is 23.8 Å². The highest BCUT2D eigenvalue weighted by atomic mass is 19.4. The zero-order chi connectivity index (χ0) is 24.4. The number of amides is 1. The maximum Gasteiger partial charge on any atom is 0.490 e. The van der Waals surface area contributed by atoms with Crippen molar-refractivity contribution in [2.45, 2.75) is 64.6 Å². The number of aliphatic carboxylic acids is 2. The number of carbonyl (C=O) groups excluding carboxylic acids is 1. The quantitative estimate of drug-likeness (QED) is 0.285. The van der Waals surface area contributed by atoms with Crippen LogP contribution in [0.1, 0.15) is 52.0 Å². The van der Waals surface area contributed by atoms with E-state index in [2.05, 4.69) is 12.2 Å². The molecule has 0 aliphatic carbocycles. The van der Waals surface area contributed by atoms with Crippen molar-refractivity contribution in [1.29, 1.82) is 0 Å². The number of hydrogen-bond donors (Lipinski definition) is 5. The summed E-state index contributed by atoms with van der Waals surface area (Å²) in [7, 11) is 0. The lowest BCUT2D eigenvalue weighted by Crippen LogP contribution is -2.51. The minimum absolute atomic E-state index is 0.0102. The number of nitrogens with two attached hydrogens (primary N) is 1. The monoisotopic (exact) mass is 450 g/mol. The van der Waals surface area contributed by atoms with Crippen LogP contribution in [-0.4, -0.2) is 44.9 Å². The number of alkyl halides is 3. The highest BCUT2D eigenvalue weighted by Gasteiger charge is 2.38. The van der Waals surface area contributed by atoms with E-state index in [-0.39, 0.29) is 17.6 Å². The number of unbranched alkanes of at least 4 members (excludes halogenated alkanes) is 2. The molecule has 0 aliphatic rings. The second-order valence-corrected chi connectivity index (χ2v) is 7.35. The van der Waals surface area contributed by atoms with Crippen LogP contribution in [0.15, 0.2) is 18.2 Å². The normalized spacial score (nSPS) is 13.9. The first-order valence-electron chi connectivity index (χ1n) is 9.57. The van der Waals surface area contributed by atoms with Crippen LogP contribution in [0.5, 0.6) is 5.75 Å². The predicted molar refractivity (Wildman–Crippen MR) is 108 cm³/mol. The summed E-state index contributed by atoms with van der Waals surface area (Å²) in [6.45, 7) is 5.32. The molecule has 1 aromatic rings. The standard InChI is InChI=1S/C18H28N2O4.C2HF3O2/c1-4-5-6-7-16(22)20-14-11-13(8-9-15(14)21)10-12(2)18(3,19)17(23)24;3-2(4,5)1(6)7/h8-9,11-12,21H,4-7,10,19H2,1-3H3,(H,20,22)(H,23,24);(H,6,7). The van der Waals surface area contributed by atoms with Crippen molar-refractivity contribution in [2.75, 3.05) is 5.32 Å². The summed E-state index contributed by atoms with van der Waals surface area (Å²) in [5.74, 6) is -4.28. The summed E-state index contributed by atoms with van der Waals surface area (Å²) in [5, 5.41) is 28.9. The predicted octanol–water partition coefficient (Wildman–Crippen LogP) is 3.52. The SMILES string of the molecule is CCCCCC(=O)Nc1cc(CC(C)C(C)(N)C(=O)O)ccc1O.O=C(O)C(F)(F)F. The number of aromatic hydroxyl groups is 1. The number of carboxylic acids is 2. The van der Waals surface area contributed by atoms with Gasteiger partial charge >= 0.3 is 18.1 Å². The molecule has 176 valence electrons. The first kappa shape index (κ1) is 28.2. The van der Waals surface area contributed by atoms with Gasteiger partial charge in [0.25, 0.3) is 0 Å². The van der Waals surface area contributed by atoms with Crippen molar-refractivity contribution in [3.63, 3.8) is 0 Å². The Kier molecular flexibility index (Phi) is 11.0. The molecule has 1 rings (SSSR count). The molecule has 0 aliphatic heterocycles. The summed E-state index contributed by atoms with van der Waals surface area (Å²) in [6, 6.07) is 4.87. The van der Waals surface area contributed by atoms with Crippen LogP contribution in [0.4, 0.5) is 18.9 Å². The number of rotatable bonds is 9. The van der Waals surface area contributed by atoms with Crippen LogP contribution in [0.2, 0.25) is 0 Å². The van der Waals surface area contributed by atoms with Crippen LogP contribution in [0.25, 0.3) is 0 Å². The van der Waals surface area contributed by atoms with Crippen LogP contribution < -0.4 is 11.1 Å². The first-order valence-corrected chi connectivity index (χ1v) is 9.57. The van der Waals surface area contributed by atoms with E-state index in [4.69, 9.17) is 15.6 Å². The van der Waals surface area contributed by atoms with Crippen molar-refractivity contribution >= 4 is 23.5 Å². The van der Waals surface area contributed by atoms with Crippen molar-refractivity contribution in [2.24, 2.45) is 11.7 Å². The molecular formula is C20H29F3N2O6. The molecule has 0 saturated heterocycles. The van der Waals surface area contributed by atoms with Gasteiger partial charge < -0.3 is 26.4 Å². The van der Waals surface area contributed by atoms with Gasteiger partial charge in [0.15, 0.2) is 0 Å². The molecular weight excluding hydrogens is 421 g/mol. The van der Waals surface area contributed by atoms with Crippen molar-refractivity contribution < 1.29 is 42.9 Å². The number of benzene rings is 1. The maximum atomic E-state index is 11.9. The fraction of sp³-hybridized carbons (Fsp3) is 0.550. The number of hydrogen-bond acceptors (Lipinski definition) is 5. The Bertz CT molecular complexity index is 766. The Morgan fingerprint density at radius 1 is 1.13 bits per heavy atom. The van der Waals surface area contributed by atoms with Gasteiger partial charge in [-0.25, -0.2) is 4.79 Å². The number of nitrogens with one attached hydrogen (secondary N) is 1. The van der Waals surface area contributed by atoms with E-state index in [9.17, 15) is 33.0 Å². The zero-order valence-electron chi connectivity index (χ0n) is 17.6. The summed E-state index contributed by atoms with van der Waals surface area (Å²) >= 11 is 0. The molecule has 0 radical (unpaired) electrons. The van der Waals surface area contributed by atoms with E-state index in [0.29, 0.717) is 18.5 Å². The minimum atomic E-state index is -5.08. The number of anilines is 1. The Hall–Kier alpha value is -2.82. The lowest BCUT2D eigenvalue weighted by Gasteiger charge is -2.27. The molecule has 8 nitrogen and oxygen atoms in total. The lowest BCUT2D eigenvalue weighted by atomic mass is 9.83. The highest BCUT2D eigenvalue weighted by molar-refractivity contribution is 5.92. The molecule has 0 heterocycles. The van der Waals surface area contributed by atoms with Gasteiger partial charge in [-0.1, -0.05) is 32.8 Å². The van der Waals surface area contributed by atoms with Crippen molar-refractivity contribution in [1.82, 2.24) is 0 Å². The molecule has 2 atom stereocenters. The van der Waals surface area contributed by atoms with Gasteiger partial charge in [0.05, 0.1) is 5.69 Å². The molecule has 0 fully saturated rings. The molecule has 31 heavy (non-hydrogen) atoms. The third-order valence-electron chi connectivity index (χ3n) is 4.61. The molecule has 0 bridgehead atoms. The molecule has 6 N–H and O–H groups in total. The first-order chi connectivity index (χ1) is 14.1. The Labute approximate surface area is 178 Å². The van der Waals surface area contributed by atoms with E-state index in [1.54, 1.807) is 19.1 Å². The van der Waals surface area contributed by atoms with Gasteiger partial charge in [0.2, 0.25) is 5.91 Å². The number of carbonyl (C=O) groups is 3. The Morgan fingerprint density at radius 2 is 1.68 bits per heavy atom. The largest absolute Gasteiger partial charge is 0.506 e. The third-order valence-corrected chi connectivity index (χ3v) is 4.61. The highest BCUT2D eigenvalue weighted by Crippen LogP contribution is 2.27. The fourth-order valence-corrected chi connectivity index (χ4v) is 2.33. The van der Waals surface area contributed by atoms with Crippen LogP contribution in [0, 0.1) is 5.92 Å².